The fourth-order valence-electron chi connectivity index (χ4n) is 1.76. The third-order valence-electron chi connectivity index (χ3n) is 2.83. The van der Waals surface area contributed by atoms with E-state index < -0.39 is 18.0 Å². The van der Waals surface area contributed by atoms with Gasteiger partial charge in [0.2, 0.25) is 0 Å². The number of hydrogen-bond donors (Lipinski definition) is 2. The van der Waals surface area contributed by atoms with Crippen LogP contribution in [0.15, 0.2) is 24.3 Å². The monoisotopic (exact) mass is 281 g/mol. The van der Waals surface area contributed by atoms with E-state index in [1.807, 2.05) is 0 Å². The maximum absolute atomic E-state index is 11.4. The second-order valence-electron chi connectivity index (χ2n) is 4.22. The molecule has 0 aromatic heterocycles. The van der Waals surface area contributed by atoms with Gasteiger partial charge in [-0.05, 0) is 6.07 Å². The molecule has 0 fully saturated rings. The molecule has 0 amide bonds. The molecular weight excluding hydrogens is 262 g/mol. The Kier molecular flexibility index (Phi) is 6.52. The van der Waals surface area contributed by atoms with E-state index in [4.69, 9.17) is 0 Å². The number of aliphatic hydroxyl groups is 1. The highest BCUT2D eigenvalue weighted by molar-refractivity contribution is 5.75. The summed E-state index contributed by atoms with van der Waals surface area (Å²) in [6, 6.07) is 6.67. The molecule has 2 N–H and O–H groups in total. The molecule has 0 spiro atoms. The zero-order valence-electron chi connectivity index (χ0n) is 11.6. The summed E-state index contributed by atoms with van der Waals surface area (Å²) < 4.78 is 9.22. The number of carbonyl (C=O) groups excluding carboxylic acids is 2. The number of nitrogens with one attached hydrogen (secondary N) is 1. The van der Waals surface area contributed by atoms with Crippen LogP contribution in [0.1, 0.15) is 18.4 Å². The fraction of sp³-hybridized carbons (Fsp3) is 0.429. The Labute approximate surface area is 117 Å². The normalized spacial score (nSPS) is 10.2. The van der Waals surface area contributed by atoms with Gasteiger partial charge in [-0.1, -0.05) is 18.2 Å². The number of hydrogen-bond acceptors (Lipinski definition) is 6. The number of aliphatic hydroxyl groups excluding tert-OH is 1. The number of carbonyl (C=O) groups is 2. The zero-order valence-corrected chi connectivity index (χ0v) is 11.6. The molecule has 0 aliphatic carbocycles. The van der Waals surface area contributed by atoms with Crippen molar-refractivity contribution >= 4 is 17.6 Å². The Morgan fingerprint density at radius 2 is 1.70 bits per heavy atom. The molecule has 0 radical (unpaired) electrons. The number of ether oxygens (including phenoxy) is 2. The highest BCUT2D eigenvalue weighted by Crippen LogP contribution is 2.18. The molecule has 0 unspecified atom stereocenters. The Morgan fingerprint density at radius 3 is 2.20 bits per heavy atom. The Morgan fingerprint density at radius 1 is 1.15 bits per heavy atom. The molecular formula is C14H19NO5. The molecule has 20 heavy (non-hydrogen) atoms. The van der Waals surface area contributed by atoms with Crippen LogP contribution < -0.4 is 5.32 Å². The molecule has 0 saturated heterocycles. The average Bonchev–Trinajstić information content (AvgIpc) is 2.47. The number of esters is 2. The zero-order chi connectivity index (χ0) is 15.0. The second kappa shape index (κ2) is 8.16. The summed E-state index contributed by atoms with van der Waals surface area (Å²) in [5.74, 6) is -0.847. The maximum Gasteiger partial charge on any atom is 0.307 e. The second-order valence-corrected chi connectivity index (χ2v) is 4.22. The van der Waals surface area contributed by atoms with E-state index in [1.165, 1.54) is 14.2 Å². The lowest BCUT2D eigenvalue weighted by Gasteiger charge is -2.19. The molecule has 0 saturated carbocycles. The van der Waals surface area contributed by atoms with Gasteiger partial charge in [0.05, 0.1) is 33.7 Å². The van der Waals surface area contributed by atoms with Crippen molar-refractivity contribution in [3.63, 3.8) is 0 Å². The van der Waals surface area contributed by atoms with Gasteiger partial charge in [0.15, 0.2) is 0 Å². The van der Waals surface area contributed by atoms with Crippen molar-refractivity contribution in [2.45, 2.75) is 25.5 Å². The van der Waals surface area contributed by atoms with Gasteiger partial charge in [-0.15, -0.1) is 0 Å². The van der Waals surface area contributed by atoms with Crippen LogP contribution in [0.25, 0.3) is 0 Å². The minimum atomic E-state index is -0.456. The molecule has 0 aliphatic heterocycles. The van der Waals surface area contributed by atoms with Crippen molar-refractivity contribution < 1.29 is 24.2 Å². The molecule has 0 aliphatic rings. The molecule has 1 aromatic rings. The molecule has 6 heteroatoms. The van der Waals surface area contributed by atoms with Gasteiger partial charge < -0.3 is 19.9 Å². The van der Waals surface area contributed by atoms with Crippen molar-refractivity contribution in [2.75, 3.05) is 19.5 Å². The number of rotatable bonds is 7. The molecule has 1 aromatic carbocycles. The van der Waals surface area contributed by atoms with Crippen LogP contribution in [0, 0.1) is 0 Å². The van der Waals surface area contributed by atoms with E-state index in [9.17, 15) is 14.7 Å². The van der Waals surface area contributed by atoms with Gasteiger partial charge in [0.1, 0.15) is 0 Å². The smallest absolute Gasteiger partial charge is 0.307 e. The van der Waals surface area contributed by atoms with Crippen molar-refractivity contribution in [3.8, 4) is 0 Å². The molecule has 110 valence electrons. The van der Waals surface area contributed by atoms with Crippen LogP contribution in [0.3, 0.4) is 0 Å². The lowest BCUT2D eigenvalue weighted by atomic mass is 10.1. The lowest BCUT2D eigenvalue weighted by molar-refractivity contribution is -0.142. The maximum atomic E-state index is 11.4. The van der Waals surface area contributed by atoms with Crippen LogP contribution in [0.4, 0.5) is 5.69 Å². The van der Waals surface area contributed by atoms with Crippen molar-refractivity contribution in [1.29, 1.82) is 0 Å². The Balaban J connectivity index is 2.81. The summed E-state index contributed by atoms with van der Waals surface area (Å²) in [7, 11) is 2.58. The predicted molar refractivity (Wildman–Crippen MR) is 73.0 cm³/mol. The van der Waals surface area contributed by atoms with E-state index in [2.05, 4.69) is 14.8 Å². The first kappa shape index (κ1) is 16.0. The van der Waals surface area contributed by atoms with Crippen LogP contribution in [0.5, 0.6) is 0 Å². The standard InChI is InChI=1S/C14H19NO5/c1-19-13(17)7-11(8-14(18)20-2)15-12-6-4-3-5-10(12)9-16/h3-6,11,15-16H,7-9H2,1-2H3. The highest BCUT2D eigenvalue weighted by Gasteiger charge is 2.19. The van der Waals surface area contributed by atoms with Crippen LogP contribution in [-0.2, 0) is 25.7 Å². The minimum Gasteiger partial charge on any atom is -0.469 e. The van der Waals surface area contributed by atoms with Crippen molar-refractivity contribution in [3.05, 3.63) is 29.8 Å². The van der Waals surface area contributed by atoms with E-state index in [0.29, 0.717) is 11.3 Å². The molecule has 1 rings (SSSR count). The minimum absolute atomic E-state index is 0.0331. The van der Waals surface area contributed by atoms with Gasteiger partial charge in [0.25, 0.3) is 0 Å². The van der Waals surface area contributed by atoms with Gasteiger partial charge >= 0.3 is 11.9 Å². The average molecular weight is 281 g/mol. The Hall–Kier alpha value is -2.08. The van der Waals surface area contributed by atoms with Crippen LogP contribution >= 0.6 is 0 Å². The Bertz CT molecular complexity index is 443. The van der Waals surface area contributed by atoms with Gasteiger partial charge in [-0.2, -0.15) is 0 Å². The lowest BCUT2D eigenvalue weighted by Crippen LogP contribution is -2.27. The number of methoxy groups -OCH3 is 2. The molecule has 6 nitrogen and oxygen atoms in total. The van der Waals surface area contributed by atoms with E-state index in [-0.39, 0.29) is 19.4 Å². The number of anilines is 1. The fourth-order valence-corrected chi connectivity index (χ4v) is 1.76. The summed E-state index contributed by atoms with van der Waals surface area (Å²) >= 11 is 0. The molecule has 0 heterocycles. The predicted octanol–water partition coefficient (Wildman–Crippen LogP) is 1.09. The summed E-state index contributed by atoms with van der Waals surface area (Å²) in [5, 5.41) is 12.3. The van der Waals surface area contributed by atoms with Gasteiger partial charge in [-0.3, -0.25) is 9.59 Å². The number of benzene rings is 1. The third-order valence-corrected chi connectivity index (χ3v) is 2.83. The van der Waals surface area contributed by atoms with Crippen molar-refractivity contribution in [1.82, 2.24) is 0 Å². The van der Waals surface area contributed by atoms with Crippen LogP contribution in [-0.4, -0.2) is 37.3 Å². The SMILES string of the molecule is COC(=O)CC(CC(=O)OC)Nc1ccccc1CO. The first-order valence-electron chi connectivity index (χ1n) is 6.19. The van der Waals surface area contributed by atoms with E-state index in [1.54, 1.807) is 24.3 Å². The van der Waals surface area contributed by atoms with E-state index in [0.717, 1.165) is 0 Å². The summed E-state index contributed by atoms with van der Waals surface area (Å²) in [6.07, 6.45) is 0.0662. The van der Waals surface area contributed by atoms with Gasteiger partial charge in [-0.25, -0.2) is 0 Å². The molecule has 0 bridgehead atoms. The number of para-hydroxylation sites is 1. The quantitative estimate of drug-likeness (QED) is 0.728. The summed E-state index contributed by atoms with van der Waals surface area (Å²) in [4.78, 5) is 22.7. The van der Waals surface area contributed by atoms with Crippen molar-refractivity contribution in [2.24, 2.45) is 0 Å². The highest BCUT2D eigenvalue weighted by atomic mass is 16.5. The van der Waals surface area contributed by atoms with Crippen LogP contribution in [0.2, 0.25) is 0 Å². The largest absolute Gasteiger partial charge is 0.469 e. The first-order chi connectivity index (χ1) is 9.60. The van der Waals surface area contributed by atoms with E-state index >= 15 is 0 Å². The summed E-state index contributed by atoms with van der Waals surface area (Å²) in [5.41, 5.74) is 1.36. The first-order valence-corrected chi connectivity index (χ1v) is 6.19. The summed E-state index contributed by atoms with van der Waals surface area (Å²) in [6.45, 7) is -0.133. The molecule has 0 atom stereocenters. The van der Waals surface area contributed by atoms with Gasteiger partial charge in [0, 0.05) is 17.3 Å². The third kappa shape index (κ3) is 4.89. The topological polar surface area (TPSA) is 84.9 Å².